The summed E-state index contributed by atoms with van der Waals surface area (Å²) in [4.78, 5) is 13.2. The molecule has 0 bridgehead atoms. The van der Waals surface area contributed by atoms with E-state index < -0.39 is 0 Å². The monoisotopic (exact) mass is 321 g/mol. The average molecular weight is 321 g/mol. The summed E-state index contributed by atoms with van der Waals surface area (Å²) in [5.41, 5.74) is 0.764. The molecule has 3 nitrogen and oxygen atoms in total. The lowest BCUT2D eigenvalue weighted by Gasteiger charge is -2.09. The van der Waals surface area contributed by atoms with E-state index in [0.717, 1.165) is 33.5 Å². The second-order valence-electron chi connectivity index (χ2n) is 4.32. The van der Waals surface area contributed by atoms with E-state index in [1.54, 1.807) is 29.8 Å². The molecule has 21 heavy (non-hydrogen) atoms. The van der Waals surface area contributed by atoms with Gasteiger partial charge in [-0.05, 0) is 30.0 Å². The molecule has 0 saturated heterocycles. The zero-order valence-electron chi connectivity index (χ0n) is 12.0. The third-order valence-electron chi connectivity index (χ3n) is 2.79. The van der Waals surface area contributed by atoms with Gasteiger partial charge in [0, 0.05) is 17.2 Å². The molecule has 1 aromatic heterocycles. The summed E-state index contributed by atoms with van der Waals surface area (Å²) >= 11 is 3.44. The van der Waals surface area contributed by atoms with Crippen molar-refractivity contribution in [3.8, 4) is 0 Å². The second kappa shape index (κ2) is 8.85. The Morgan fingerprint density at radius 1 is 1.24 bits per heavy atom. The van der Waals surface area contributed by atoms with Gasteiger partial charge < -0.3 is 9.73 Å². The molecule has 2 aromatic rings. The third kappa shape index (κ3) is 5.17. The molecule has 0 aliphatic carbocycles. The van der Waals surface area contributed by atoms with Crippen molar-refractivity contribution >= 4 is 29.4 Å². The van der Waals surface area contributed by atoms with Gasteiger partial charge in [0.2, 0.25) is 0 Å². The smallest absolute Gasteiger partial charge is 0.252 e. The van der Waals surface area contributed by atoms with E-state index in [0.29, 0.717) is 6.54 Å². The molecule has 0 fully saturated rings. The Balaban J connectivity index is 1.74. The molecule has 1 aromatic carbocycles. The summed E-state index contributed by atoms with van der Waals surface area (Å²) in [5, 5.41) is 2.97. The van der Waals surface area contributed by atoms with Crippen molar-refractivity contribution in [3.63, 3.8) is 0 Å². The fourth-order valence-corrected chi connectivity index (χ4v) is 3.39. The van der Waals surface area contributed by atoms with Crippen LogP contribution in [0.4, 0.5) is 0 Å². The van der Waals surface area contributed by atoms with E-state index >= 15 is 0 Å². The lowest BCUT2D eigenvalue weighted by molar-refractivity contribution is 0.0953. The minimum absolute atomic E-state index is 0.00477. The number of amides is 1. The fourth-order valence-electron chi connectivity index (χ4n) is 1.84. The number of carbonyl (C=O) groups is 1. The molecule has 0 atom stereocenters. The second-order valence-corrected chi connectivity index (χ2v) is 6.73. The maximum absolute atomic E-state index is 12.2. The number of nitrogens with one attached hydrogen (secondary N) is 1. The summed E-state index contributed by atoms with van der Waals surface area (Å²) < 4.78 is 5.26. The van der Waals surface area contributed by atoms with Gasteiger partial charge in [0.25, 0.3) is 5.91 Å². The Hall–Kier alpha value is -1.33. The van der Waals surface area contributed by atoms with Crippen LogP contribution in [0, 0.1) is 0 Å². The van der Waals surface area contributed by atoms with Crippen molar-refractivity contribution in [1.29, 1.82) is 0 Å². The van der Waals surface area contributed by atoms with Gasteiger partial charge in [-0.3, -0.25) is 4.79 Å². The number of benzene rings is 1. The SMILES string of the molecule is CCSc1ccccc1C(=O)NCCSCc1ccco1. The summed E-state index contributed by atoms with van der Waals surface area (Å²) in [5.74, 6) is 3.64. The molecule has 0 radical (unpaired) electrons. The van der Waals surface area contributed by atoms with Crippen LogP contribution in [-0.2, 0) is 5.75 Å². The Morgan fingerprint density at radius 3 is 2.86 bits per heavy atom. The summed E-state index contributed by atoms with van der Waals surface area (Å²) in [6.45, 7) is 2.75. The van der Waals surface area contributed by atoms with Crippen molar-refractivity contribution in [1.82, 2.24) is 5.32 Å². The van der Waals surface area contributed by atoms with E-state index in [-0.39, 0.29) is 5.91 Å². The van der Waals surface area contributed by atoms with Gasteiger partial charge in [-0.25, -0.2) is 0 Å². The predicted molar refractivity (Wildman–Crippen MR) is 90.0 cm³/mol. The quantitative estimate of drug-likeness (QED) is 0.588. The number of thioether (sulfide) groups is 2. The van der Waals surface area contributed by atoms with Crippen molar-refractivity contribution in [2.45, 2.75) is 17.6 Å². The topological polar surface area (TPSA) is 42.2 Å². The van der Waals surface area contributed by atoms with Crippen LogP contribution >= 0.6 is 23.5 Å². The molecule has 1 amide bonds. The normalized spacial score (nSPS) is 10.5. The van der Waals surface area contributed by atoms with E-state index in [2.05, 4.69) is 12.2 Å². The highest BCUT2D eigenvalue weighted by atomic mass is 32.2. The zero-order valence-corrected chi connectivity index (χ0v) is 13.6. The van der Waals surface area contributed by atoms with Crippen LogP contribution in [0.5, 0.6) is 0 Å². The number of rotatable bonds is 8. The lowest BCUT2D eigenvalue weighted by Crippen LogP contribution is -2.26. The van der Waals surface area contributed by atoms with Crippen molar-refractivity contribution in [3.05, 3.63) is 54.0 Å². The van der Waals surface area contributed by atoms with E-state index in [4.69, 9.17) is 4.42 Å². The van der Waals surface area contributed by atoms with E-state index in [9.17, 15) is 4.79 Å². The Labute approximate surface area is 133 Å². The Morgan fingerprint density at radius 2 is 2.10 bits per heavy atom. The number of hydrogen-bond acceptors (Lipinski definition) is 4. The van der Waals surface area contributed by atoms with Gasteiger partial charge >= 0.3 is 0 Å². The highest BCUT2D eigenvalue weighted by Gasteiger charge is 2.09. The summed E-state index contributed by atoms with van der Waals surface area (Å²) in [7, 11) is 0. The van der Waals surface area contributed by atoms with Crippen molar-refractivity contribution in [2.75, 3.05) is 18.1 Å². The minimum atomic E-state index is 0.00477. The first-order valence-corrected chi connectivity index (χ1v) is 9.05. The van der Waals surface area contributed by atoms with Crippen LogP contribution in [0.3, 0.4) is 0 Å². The summed E-state index contributed by atoms with van der Waals surface area (Å²) in [6.07, 6.45) is 1.68. The van der Waals surface area contributed by atoms with Crippen LogP contribution < -0.4 is 5.32 Å². The van der Waals surface area contributed by atoms with Crippen LogP contribution in [0.1, 0.15) is 23.0 Å². The number of carbonyl (C=O) groups excluding carboxylic acids is 1. The van der Waals surface area contributed by atoms with Crippen LogP contribution in [0.2, 0.25) is 0 Å². The maximum atomic E-state index is 12.2. The van der Waals surface area contributed by atoms with E-state index in [1.165, 1.54) is 0 Å². The van der Waals surface area contributed by atoms with Gasteiger partial charge in [0.1, 0.15) is 5.76 Å². The Bertz CT molecular complexity index is 555. The molecular weight excluding hydrogens is 302 g/mol. The molecule has 2 rings (SSSR count). The maximum Gasteiger partial charge on any atom is 0.252 e. The highest BCUT2D eigenvalue weighted by Crippen LogP contribution is 2.22. The molecule has 5 heteroatoms. The van der Waals surface area contributed by atoms with Crippen molar-refractivity contribution in [2.24, 2.45) is 0 Å². The van der Waals surface area contributed by atoms with Crippen molar-refractivity contribution < 1.29 is 9.21 Å². The Kier molecular flexibility index (Phi) is 6.76. The van der Waals surface area contributed by atoms with Gasteiger partial charge in [0.05, 0.1) is 17.6 Å². The largest absolute Gasteiger partial charge is 0.468 e. The van der Waals surface area contributed by atoms with Gasteiger partial charge in [-0.15, -0.1) is 11.8 Å². The molecule has 0 aliphatic heterocycles. The molecule has 112 valence electrons. The predicted octanol–water partition coefficient (Wildman–Crippen LogP) is 4.05. The highest BCUT2D eigenvalue weighted by molar-refractivity contribution is 7.99. The molecule has 0 aliphatic rings. The van der Waals surface area contributed by atoms with Crippen LogP contribution in [0.15, 0.2) is 52.0 Å². The molecule has 0 unspecified atom stereocenters. The molecule has 1 heterocycles. The first-order valence-electron chi connectivity index (χ1n) is 6.91. The van der Waals surface area contributed by atoms with Gasteiger partial charge in [-0.1, -0.05) is 19.1 Å². The minimum Gasteiger partial charge on any atom is -0.468 e. The molecular formula is C16H19NO2S2. The number of hydrogen-bond donors (Lipinski definition) is 1. The average Bonchev–Trinajstić information content (AvgIpc) is 3.01. The first kappa shape index (κ1) is 16.0. The summed E-state index contributed by atoms with van der Waals surface area (Å²) in [6, 6.07) is 11.6. The van der Waals surface area contributed by atoms with Gasteiger partial charge in [0.15, 0.2) is 0 Å². The standard InChI is InChI=1S/C16H19NO2S2/c1-2-21-15-8-4-3-7-14(15)16(18)17-9-11-20-12-13-6-5-10-19-13/h3-8,10H,2,9,11-12H2,1H3,(H,17,18). The fraction of sp³-hybridized carbons (Fsp3) is 0.312. The first-order chi connectivity index (χ1) is 10.3. The third-order valence-corrected chi connectivity index (χ3v) is 4.73. The van der Waals surface area contributed by atoms with Crippen LogP contribution in [-0.4, -0.2) is 24.0 Å². The molecule has 0 saturated carbocycles. The van der Waals surface area contributed by atoms with E-state index in [1.807, 2.05) is 36.4 Å². The lowest BCUT2D eigenvalue weighted by atomic mass is 10.2. The number of furan rings is 1. The molecule has 0 spiro atoms. The molecule has 1 N–H and O–H groups in total. The zero-order chi connectivity index (χ0) is 14.9. The van der Waals surface area contributed by atoms with Gasteiger partial charge in [-0.2, -0.15) is 11.8 Å². The van der Waals surface area contributed by atoms with Crippen LogP contribution in [0.25, 0.3) is 0 Å².